The Morgan fingerprint density at radius 3 is 2.17 bits per heavy atom. The monoisotopic (exact) mass is 612 g/mol. The van der Waals surface area contributed by atoms with Crippen molar-refractivity contribution in [2.75, 3.05) is 24.9 Å². The third kappa shape index (κ3) is 8.56. The number of nitrogens with zero attached hydrogens (tertiary/aromatic N) is 3. The number of anilines is 1. The van der Waals surface area contributed by atoms with Gasteiger partial charge < -0.3 is 10.2 Å². The molecule has 0 saturated heterocycles. The SMILES string of the molecule is CC[C@H](C)NC(=O)[C@@H](Cc1ccccc1)N(Cc1ccc(Cl)cc1)C(=O)CN(c1cc(C)ccc1C)S(=O)(=O)N(C)C. The Labute approximate surface area is 255 Å². The van der Waals surface area contributed by atoms with Crippen molar-refractivity contribution in [3.05, 3.63) is 100 Å². The third-order valence-electron chi connectivity index (χ3n) is 7.19. The first kappa shape index (κ1) is 33.1. The second kappa shape index (κ2) is 14.7. The van der Waals surface area contributed by atoms with Crippen LogP contribution < -0.4 is 9.62 Å². The highest BCUT2D eigenvalue weighted by Crippen LogP contribution is 2.26. The molecule has 10 heteroatoms. The van der Waals surface area contributed by atoms with Gasteiger partial charge in [-0.1, -0.05) is 73.1 Å². The molecule has 8 nitrogen and oxygen atoms in total. The van der Waals surface area contributed by atoms with Crippen LogP contribution in [0.15, 0.2) is 72.8 Å². The lowest BCUT2D eigenvalue weighted by atomic mass is 10.0. The smallest absolute Gasteiger partial charge is 0.304 e. The number of hydrogen-bond donors (Lipinski definition) is 1. The van der Waals surface area contributed by atoms with Gasteiger partial charge in [-0.25, -0.2) is 4.31 Å². The van der Waals surface area contributed by atoms with E-state index in [-0.39, 0.29) is 24.9 Å². The molecule has 3 rings (SSSR count). The highest BCUT2D eigenvalue weighted by molar-refractivity contribution is 7.90. The standard InChI is InChI=1S/C32H41ClN4O4S/c1-7-25(4)34-32(39)30(20-26-11-9-8-10-12-26)36(21-27-15-17-28(33)18-16-27)31(38)22-37(42(40,41)35(5)6)29-19-23(2)13-14-24(29)3/h8-19,25,30H,7,20-22H2,1-6H3,(H,34,39)/t25-,30+/m0/s1. The molecule has 0 aliphatic rings. The summed E-state index contributed by atoms with van der Waals surface area (Å²) in [4.78, 5) is 29.6. The number of nitrogens with one attached hydrogen (secondary N) is 1. The second-order valence-electron chi connectivity index (χ2n) is 10.8. The van der Waals surface area contributed by atoms with Gasteiger partial charge in [0.05, 0.1) is 5.69 Å². The van der Waals surface area contributed by atoms with Crippen LogP contribution >= 0.6 is 11.6 Å². The number of carbonyl (C=O) groups excluding carboxylic acids is 2. The molecule has 0 fully saturated rings. The third-order valence-corrected chi connectivity index (χ3v) is 9.25. The van der Waals surface area contributed by atoms with Crippen molar-refractivity contribution in [2.45, 2.75) is 59.2 Å². The van der Waals surface area contributed by atoms with Gasteiger partial charge in [0.25, 0.3) is 0 Å². The van der Waals surface area contributed by atoms with Crippen LogP contribution in [-0.4, -0.2) is 62.2 Å². The minimum atomic E-state index is -4.06. The van der Waals surface area contributed by atoms with Crippen molar-refractivity contribution in [3.8, 4) is 0 Å². The molecule has 0 bridgehead atoms. The molecule has 1 N–H and O–H groups in total. The van der Waals surface area contributed by atoms with E-state index in [1.54, 1.807) is 37.3 Å². The molecule has 0 radical (unpaired) electrons. The first-order chi connectivity index (χ1) is 19.8. The van der Waals surface area contributed by atoms with E-state index in [1.807, 2.05) is 63.2 Å². The van der Waals surface area contributed by atoms with E-state index in [1.165, 1.54) is 19.0 Å². The van der Waals surface area contributed by atoms with E-state index in [0.29, 0.717) is 16.3 Å². The fourth-order valence-corrected chi connectivity index (χ4v) is 5.71. The average Bonchev–Trinajstić information content (AvgIpc) is 2.96. The van der Waals surface area contributed by atoms with Gasteiger partial charge in [-0.3, -0.25) is 9.59 Å². The summed E-state index contributed by atoms with van der Waals surface area (Å²) in [5, 5.41) is 3.58. The molecule has 2 atom stereocenters. The maximum absolute atomic E-state index is 14.4. The van der Waals surface area contributed by atoms with E-state index < -0.39 is 28.7 Å². The number of carbonyl (C=O) groups is 2. The summed E-state index contributed by atoms with van der Waals surface area (Å²) < 4.78 is 29.4. The lowest BCUT2D eigenvalue weighted by Crippen LogP contribution is -2.55. The number of halogens is 1. The summed E-state index contributed by atoms with van der Waals surface area (Å²) in [5.41, 5.74) is 3.61. The molecule has 2 amide bonds. The summed E-state index contributed by atoms with van der Waals surface area (Å²) in [7, 11) is -1.20. The molecule has 0 unspecified atom stereocenters. The number of hydrogen-bond acceptors (Lipinski definition) is 4. The Morgan fingerprint density at radius 1 is 0.929 bits per heavy atom. The van der Waals surface area contributed by atoms with E-state index in [0.717, 1.165) is 31.7 Å². The molecule has 226 valence electrons. The van der Waals surface area contributed by atoms with Crippen LogP contribution in [0.2, 0.25) is 5.02 Å². The van der Waals surface area contributed by atoms with Gasteiger partial charge in [0.2, 0.25) is 11.8 Å². The number of amides is 2. The van der Waals surface area contributed by atoms with E-state index in [2.05, 4.69) is 5.32 Å². The van der Waals surface area contributed by atoms with Crippen LogP contribution in [0, 0.1) is 13.8 Å². The van der Waals surface area contributed by atoms with Crippen molar-refractivity contribution in [1.82, 2.24) is 14.5 Å². The van der Waals surface area contributed by atoms with Gasteiger partial charge in [0.1, 0.15) is 12.6 Å². The Hall–Kier alpha value is -3.40. The quantitative estimate of drug-likeness (QED) is 0.290. The van der Waals surface area contributed by atoms with Crippen LogP contribution in [0.3, 0.4) is 0 Å². The van der Waals surface area contributed by atoms with Gasteiger partial charge in [-0.05, 0) is 67.6 Å². The highest BCUT2D eigenvalue weighted by Gasteiger charge is 2.35. The molecule has 0 heterocycles. The first-order valence-corrected chi connectivity index (χ1v) is 15.8. The second-order valence-corrected chi connectivity index (χ2v) is 13.3. The van der Waals surface area contributed by atoms with E-state index >= 15 is 0 Å². The lowest BCUT2D eigenvalue weighted by Gasteiger charge is -2.35. The number of rotatable bonds is 13. The Morgan fingerprint density at radius 2 is 1.57 bits per heavy atom. The van der Waals surface area contributed by atoms with Crippen LogP contribution in [0.4, 0.5) is 5.69 Å². The predicted molar refractivity (Wildman–Crippen MR) is 170 cm³/mol. The van der Waals surface area contributed by atoms with E-state index in [4.69, 9.17) is 11.6 Å². The molecular formula is C32H41ClN4O4S. The van der Waals surface area contributed by atoms with Crippen LogP contribution in [0.25, 0.3) is 0 Å². The fourth-order valence-electron chi connectivity index (χ4n) is 4.47. The minimum absolute atomic E-state index is 0.0874. The average molecular weight is 613 g/mol. The highest BCUT2D eigenvalue weighted by atomic mass is 35.5. The maximum atomic E-state index is 14.4. The summed E-state index contributed by atoms with van der Waals surface area (Å²) in [6.07, 6.45) is 0.975. The Bertz CT molecular complexity index is 1460. The van der Waals surface area contributed by atoms with Crippen LogP contribution in [0.1, 0.15) is 42.5 Å². The summed E-state index contributed by atoms with van der Waals surface area (Å²) in [6, 6.07) is 21.0. The predicted octanol–water partition coefficient (Wildman–Crippen LogP) is 5.12. The molecule has 0 spiro atoms. The number of aryl methyl sites for hydroxylation is 2. The lowest BCUT2D eigenvalue weighted by molar-refractivity contribution is -0.140. The van der Waals surface area contributed by atoms with Crippen molar-refractivity contribution >= 4 is 39.3 Å². The zero-order chi connectivity index (χ0) is 31.0. The summed E-state index contributed by atoms with van der Waals surface area (Å²) in [6.45, 7) is 7.16. The topological polar surface area (TPSA) is 90.0 Å². The Kier molecular flexibility index (Phi) is 11.6. The van der Waals surface area contributed by atoms with Crippen LogP contribution in [-0.2, 0) is 32.8 Å². The van der Waals surface area contributed by atoms with Gasteiger partial charge in [0.15, 0.2) is 0 Å². The molecule has 3 aromatic carbocycles. The van der Waals surface area contributed by atoms with Gasteiger partial charge in [-0.15, -0.1) is 0 Å². The molecule has 42 heavy (non-hydrogen) atoms. The van der Waals surface area contributed by atoms with Gasteiger partial charge >= 0.3 is 10.2 Å². The van der Waals surface area contributed by atoms with E-state index in [9.17, 15) is 18.0 Å². The number of benzene rings is 3. The first-order valence-electron chi connectivity index (χ1n) is 14.0. The molecule has 3 aromatic rings. The molecular weight excluding hydrogens is 572 g/mol. The molecule has 0 aliphatic carbocycles. The summed E-state index contributed by atoms with van der Waals surface area (Å²) in [5.74, 6) is -0.805. The molecule has 0 aliphatic heterocycles. The zero-order valence-corrected chi connectivity index (χ0v) is 26.7. The fraction of sp³-hybridized carbons (Fsp3) is 0.375. The van der Waals surface area contributed by atoms with Gasteiger partial charge in [-0.2, -0.15) is 12.7 Å². The van der Waals surface area contributed by atoms with Crippen molar-refractivity contribution in [2.24, 2.45) is 0 Å². The largest absolute Gasteiger partial charge is 0.352 e. The molecule has 0 aromatic heterocycles. The maximum Gasteiger partial charge on any atom is 0.304 e. The Balaban J connectivity index is 2.13. The van der Waals surface area contributed by atoms with Crippen LogP contribution in [0.5, 0.6) is 0 Å². The zero-order valence-electron chi connectivity index (χ0n) is 25.2. The minimum Gasteiger partial charge on any atom is -0.352 e. The normalized spacial score (nSPS) is 13.0. The van der Waals surface area contributed by atoms with Crippen molar-refractivity contribution in [1.29, 1.82) is 0 Å². The van der Waals surface area contributed by atoms with Crippen molar-refractivity contribution < 1.29 is 18.0 Å². The van der Waals surface area contributed by atoms with Gasteiger partial charge in [0, 0.05) is 38.1 Å². The van der Waals surface area contributed by atoms with Crippen molar-refractivity contribution in [3.63, 3.8) is 0 Å². The molecule has 0 saturated carbocycles. The summed E-state index contributed by atoms with van der Waals surface area (Å²) >= 11 is 6.13.